The summed E-state index contributed by atoms with van der Waals surface area (Å²) in [5.74, 6) is 1.84. The summed E-state index contributed by atoms with van der Waals surface area (Å²) in [5, 5.41) is 10.8. The second-order valence-electron chi connectivity index (χ2n) is 7.75. The lowest BCUT2D eigenvalue weighted by atomic mass is 10.0. The third-order valence-corrected chi connectivity index (χ3v) is 5.31. The molecule has 31 heavy (non-hydrogen) atoms. The number of benzene rings is 1. The first-order valence-corrected chi connectivity index (χ1v) is 10.8. The molecule has 3 rings (SSSR count). The van der Waals surface area contributed by atoms with Crippen molar-refractivity contribution in [2.75, 3.05) is 26.7 Å². The molecule has 1 aliphatic rings. The lowest BCUT2D eigenvalue weighted by Crippen LogP contribution is -2.48. The number of likely N-dealkylation sites (tertiary alicyclic amines) is 1. The highest BCUT2D eigenvalue weighted by Gasteiger charge is 2.20. The van der Waals surface area contributed by atoms with Crippen LogP contribution in [0.4, 0.5) is 0 Å². The molecule has 1 aromatic heterocycles. The second-order valence-corrected chi connectivity index (χ2v) is 7.75. The number of rotatable bonds is 8. The Balaban J connectivity index is 0.00000341. The van der Waals surface area contributed by atoms with Gasteiger partial charge in [0.25, 0.3) is 0 Å². The monoisotopic (exact) mass is 542 g/mol. The van der Waals surface area contributed by atoms with Gasteiger partial charge in [-0.1, -0.05) is 35.0 Å². The molecule has 0 saturated carbocycles. The SMILES string of the molecule is CCOC(C)c1noc(CNC(=NC)NC2CCN(Cc3cccc(C)c3)CC2)n1.I. The van der Waals surface area contributed by atoms with E-state index in [1.807, 2.05) is 13.8 Å². The Bertz CT molecular complexity index is 820. The Morgan fingerprint density at radius 1 is 1.35 bits per heavy atom. The van der Waals surface area contributed by atoms with Crippen molar-refractivity contribution in [1.82, 2.24) is 25.7 Å². The number of halogens is 1. The summed E-state index contributed by atoms with van der Waals surface area (Å²) in [5.41, 5.74) is 2.70. The predicted molar refractivity (Wildman–Crippen MR) is 133 cm³/mol. The minimum Gasteiger partial charge on any atom is -0.371 e. The van der Waals surface area contributed by atoms with Crippen LogP contribution in [0.3, 0.4) is 0 Å². The van der Waals surface area contributed by atoms with Crippen molar-refractivity contribution in [2.24, 2.45) is 4.99 Å². The first kappa shape index (κ1) is 25.5. The quantitative estimate of drug-likeness (QED) is 0.300. The standard InChI is InChI=1S/C22H34N6O2.HI/c1-5-29-17(3)21-26-20(30-27-21)14-24-22(23-4)25-19-9-11-28(12-10-19)15-18-8-6-7-16(2)13-18;/h6-8,13,17,19H,5,9-12,14-15H2,1-4H3,(H2,23,24,25);1H. The maximum Gasteiger partial charge on any atom is 0.246 e. The third-order valence-electron chi connectivity index (χ3n) is 5.31. The molecule has 1 unspecified atom stereocenters. The summed E-state index contributed by atoms with van der Waals surface area (Å²) < 4.78 is 10.8. The molecule has 0 radical (unpaired) electrons. The topological polar surface area (TPSA) is 87.8 Å². The van der Waals surface area contributed by atoms with Crippen LogP contribution >= 0.6 is 24.0 Å². The Kier molecular flexibility index (Phi) is 10.7. The second kappa shape index (κ2) is 13.0. The normalized spacial score (nSPS) is 16.6. The predicted octanol–water partition coefficient (Wildman–Crippen LogP) is 3.42. The maximum atomic E-state index is 5.49. The molecule has 1 aliphatic heterocycles. The van der Waals surface area contributed by atoms with Gasteiger partial charge in [0.15, 0.2) is 11.8 Å². The molecule has 172 valence electrons. The van der Waals surface area contributed by atoms with Crippen LogP contribution in [-0.2, 0) is 17.8 Å². The van der Waals surface area contributed by atoms with Crippen LogP contribution in [0.5, 0.6) is 0 Å². The fraction of sp³-hybridized carbons (Fsp3) is 0.591. The van der Waals surface area contributed by atoms with Crippen LogP contribution < -0.4 is 10.6 Å². The average molecular weight is 542 g/mol. The molecule has 2 N–H and O–H groups in total. The van der Waals surface area contributed by atoms with Gasteiger partial charge in [0.1, 0.15) is 6.10 Å². The number of guanidine groups is 1. The van der Waals surface area contributed by atoms with E-state index in [9.17, 15) is 0 Å². The number of aryl methyl sites for hydroxylation is 1. The molecule has 0 amide bonds. The van der Waals surface area contributed by atoms with E-state index >= 15 is 0 Å². The molecular weight excluding hydrogens is 507 g/mol. The van der Waals surface area contributed by atoms with E-state index in [-0.39, 0.29) is 30.1 Å². The van der Waals surface area contributed by atoms with Crippen LogP contribution in [0.1, 0.15) is 55.6 Å². The number of hydrogen-bond donors (Lipinski definition) is 2. The van der Waals surface area contributed by atoms with Crippen molar-refractivity contribution in [2.45, 2.75) is 58.8 Å². The Morgan fingerprint density at radius 3 is 2.81 bits per heavy atom. The number of piperidine rings is 1. The van der Waals surface area contributed by atoms with Crippen molar-refractivity contribution in [3.8, 4) is 0 Å². The third kappa shape index (κ3) is 8.04. The first-order valence-electron chi connectivity index (χ1n) is 10.8. The maximum absolute atomic E-state index is 5.49. The molecule has 1 atom stereocenters. The van der Waals surface area contributed by atoms with E-state index in [0.29, 0.717) is 30.9 Å². The van der Waals surface area contributed by atoms with Crippen molar-refractivity contribution >= 4 is 29.9 Å². The highest BCUT2D eigenvalue weighted by Crippen LogP contribution is 2.15. The van der Waals surface area contributed by atoms with Gasteiger partial charge in [-0.2, -0.15) is 4.98 Å². The molecule has 2 heterocycles. The molecule has 2 aromatic rings. The zero-order chi connectivity index (χ0) is 21.3. The number of aliphatic imine (C=N–C) groups is 1. The van der Waals surface area contributed by atoms with Gasteiger partial charge in [0.2, 0.25) is 5.89 Å². The zero-order valence-corrected chi connectivity index (χ0v) is 21.3. The summed E-state index contributed by atoms with van der Waals surface area (Å²) in [6.07, 6.45) is 2.00. The summed E-state index contributed by atoms with van der Waals surface area (Å²) in [6.45, 7) is 10.2. The van der Waals surface area contributed by atoms with Crippen molar-refractivity contribution in [3.63, 3.8) is 0 Å². The number of nitrogens with one attached hydrogen (secondary N) is 2. The molecule has 9 heteroatoms. The van der Waals surface area contributed by atoms with E-state index in [4.69, 9.17) is 9.26 Å². The molecule has 8 nitrogen and oxygen atoms in total. The Labute approximate surface area is 202 Å². The minimum atomic E-state index is -0.171. The Morgan fingerprint density at radius 2 is 2.13 bits per heavy atom. The van der Waals surface area contributed by atoms with Gasteiger partial charge < -0.3 is 19.9 Å². The fourth-order valence-corrected chi connectivity index (χ4v) is 3.68. The van der Waals surface area contributed by atoms with Crippen molar-refractivity contribution < 1.29 is 9.26 Å². The van der Waals surface area contributed by atoms with E-state index in [1.165, 1.54) is 11.1 Å². The zero-order valence-electron chi connectivity index (χ0n) is 18.9. The van der Waals surface area contributed by atoms with Gasteiger partial charge in [-0.15, -0.1) is 24.0 Å². The van der Waals surface area contributed by atoms with Crippen LogP contribution in [-0.4, -0.2) is 53.8 Å². The summed E-state index contributed by atoms with van der Waals surface area (Å²) in [7, 11) is 1.78. The number of aromatic nitrogens is 2. The van der Waals surface area contributed by atoms with Gasteiger partial charge in [0.05, 0.1) is 6.54 Å². The fourth-order valence-electron chi connectivity index (χ4n) is 3.68. The summed E-state index contributed by atoms with van der Waals surface area (Å²) >= 11 is 0. The number of ether oxygens (including phenoxy) is 1. The molecule has 0 aliphatic carbocycles. The molecule has 0 spiro atoms. The van der Waals surface area contributed by atoms with Crippen molar-refractivity contribution in [1.29, 1.82) is 0 Å². The van der Waals surface area contributed by atoms with Crippen LogP contribution in [0.2, 0.25) is 0 Å². The van der Waals surface area contributed by atoms with Gasteiger partial charge in [-0.3, -0.25) is 9.89 Å². The van der Waals surface area contributed by atoms with Gasteiger partial charge >= 0.3 is 0 Å². The molecule has 0 bridgehead atoms. The average Bonchev–Trinajstić information content (AvgIpc) is 3.22. The van der Waals surface area contributed by atoms with Gasteiger partial charge in [-0.25, -0.2) is 0 Å². The van der Waals surface area contributed by atoms with E-state index in [1.54, 1.807) is 7.05 Å². The number of hydrogen-bond acceptors (Lipinski definition) is 6. The van der Waals surface area contributed by atoms with Gasteiger partial charge in [-0.05, 0) is 39.2 Å². The van der Waals surface area contributed by atoms with E-state index in [0.717, 1.165) is 38.4 Å². The van der Waals surface area contributed by atoms with E-state index in [2.05, 4.69) is 61.9 Å². The first-order chi connectivity index (χ1) is 14.6. The molecule has 1 aromatic carbocycles. The summed E-state index contributed by atoms with van der Waals surface area (Å²) in [4.78, 5) is 11.2. The van der Waals surface area contributed by atoms with Gasteiger partial charge in [0, 0.05) is 39.3 Å². The van der Waals surface area contributed by atoms with Crippen molar-refractivity contribution in [3.05, 3.63) is 47.1 Å². The van der Waals surface area contributed by atoms with E-state index < -0.39 is 0 Å². The largest absolute Gasteiger partial charge is 0.371 e. The van der Waals surface area contributed by atoms with Crippen LogP contribution in [0.25, 0.3) is 0 Å². The highest BCUT2D eigenvalue weighted by molar-refractivity contribution is 14.0. The highest BCUT2D eigenvalue weighted by atomic mass is 127. The summed E-state index contributed by atoms with van der Waals surface area (Å²) in [6, 6.07) is 9.17. The Hall–Kier alpha value is -1.72. The lowest BCUT2D eigenvalue weighted by Gasteiger charge is -2.33. The van der Waals surface area contributed by atoms with Crippen LogP contribution in [0, 0.1) is 6.92 Å². The minimum absolute atomic E-state index is 0. The molecule has 1 saturated heterocycles. The molecular formula is C22H35IN6O2. The molecule has 1 fully saturated rings. The number of nitrogens with zero attached hydrogens (tertiary/aromatic N) is 4. The smallest absolute Gasteiger partial charge is 0.246 e. The van der Waals surface area contributed by atoms with Crippen LogP contribution in [0.15, 0.2) is 33.8 Å². The lowest BCUT2D eigenvalue weighted by molar-refractivity contribution is 0.0683.